The molecule has 0 amide bonds. The first-order valence-electron chi connectivity index (χ1n) is 6.32. The molecule has 0 saturated carbocycles. The maximum absolute atomic E-state index is 10.8. The molecule has 0 heterocycles. The summed E-state index contributed by atoms with van der Waals surface area (Å²) in [7, 11) is 0. The molecule has 0 spiro atoms. The number of halogens is 1. The van der Waals surface area contributed by atoms with Crippen molar-refractivity contribution in [2.75, 3.05) is 13.2 Å². The van der Waals surface area contributed by atoms with Crippen LogP contribution in [0.5, 0.6) is 0 Å². The zero-order chi connectivity index (χ0) is 14.3. The van der Waals surface area contributed by atoms with Gasteiger partial charge in [-0.2, -0.15) is 0 Å². The van der Waals surface area contributed by atoms with E-state index in [1.54, 1.807) is 6.07 Å². The van der Waals surface area contributed by atoms with E-state index < -0.39 is 4.92 Å². The van der Waals surface area contributed by atoms with Crippen molar-refractivity contribution >= 4 is 21.6 Å². The number of rotatable bonds is 8. The van der Waals surface area contributed by atoms with E-state index in [4.69, 9.17) is 5.11 Å². The molecule has 0 aromatic heterocycles. The molecule has 0 bridgehead atoms. The van der Waals surface area contributed by atoms with Crippen molar-refractivity contribution in [1.29, 1.82) is 0 Å². The predicted octanol–water partition coefficient (Wildman–Crippen LogP) is 2.86. The van der Waals surface area contributed by atoms with Crippen molar-refractivity contribution in [3.63, 3.8) is 0 Å². The summed E-state index contributed by atoms with van der Waals surface area (Å²) in [5.41, 5.74) is 0.966. The van der Waals surface area contributed by atoms with Crippen molar-refractivity contribution < 1.29 is 10.0 Å². The third-order valence-corrected chi connectivity index (χ3v) is 3.49. The Balaban J connectivity index is 2.55. The van der Waals surface area contributed by atoms with Gasteiger partial charge in [0.25, 0.3) is 5.69 Å². The molecule has 0 saturated heterocycles. The fraction of sp³-hybridized carbons (Fsp3) is 0.538. The molecule has 1 unspecified atom stereocenters. The van der Waals surface area contributed by atoms with Gasteiger partial charge in [-0.1, -0.05) is 29.3 Å². The van der Waals surface area contributed by atoms with Crippen molar-refractivity contribution in [3.05, 3.63) is 38.3 Å². The highest BCUT2D eigenvalue weighted by Crippen LogP contribution is 2.21. The maximum atomic E-state index is 10.8. The summed E-state index contributed by atoms with van der Waals surface area (Å²) < 4.78 is 0.709. The van der Waals surface area contributed by atoms with Gasteiger partial charge in [0.2, 0.25) is 0 Å². The normalized spacial score (nSPS) is 12.4. The number of nitrogens with zero attached hydrogens (tertiary/aromatic N) is 1. The molecule has 19 heavy (non-hydrogen) atoms. The Morgan fingerprint density at radius 2 is 2.21 bits per heavy atom. The van der Waals surface area contributed by atoms with Gasteiger partial charge >= 0.3 is 0 Å². The first-order chi connectivity index (χ1) is 9.06. The van der Waals surface area contributed by atoms with Crippen molar-refractivity contribution in [2.45, 2.75) is 26.3 Å². The first kappa shape index (κ1) is 16.1. The lowest BCUT2D eigenvalue weighted by Crippen LogP contribution is -2.23. The third-order valence-electron chi connectivity index (χ3n) is 3.03. The second-order valence-electron chi connectivity index (χ2n) is 4.49. The van der Waals surface area contributed by atoms with Crippen LogP contribution in [0.15, 0.2) is 22.7 Å². The Morgan fingerprint density at radius 1 is 1.47 bits per heavy atom. The van der Waals surface area contributed by atoms with Crippen molar-refractivity contribution in [1.82, 2.24) is 5.32 Å². The summed E-state index contributed by atoms with van der Waals surface area (Å²) in [6.07, 6.45) is 1.79. The maximum Gasteiger partial charge on any atom is 0.270 e. The van der Waals surface area contributed by atoms with E-state index >= 15 is 0 Å². The predicted molar refractivity (Wildman–Crippen MR) is 78.0 cm³/mol. The van der Waals surface area contributed by atoms with E-state index in [0.29, 0.717) is 16.9 Å². The molecule has 1 atom stereocenters. The molecule has 0 aliphatic carbocycles. The van der Waals surface area contributed by atoms with Gasteiger partial charge in [0.05, 0.1) is 4.92 Å². The number of hydrogen-bond acceptors (Lipinski definition) is 4. The zero-order valence-corrected chi connectivity index (χ0v) is 12.5. The van der Waals surface area contributed by atoms with Gasteiger partial charge in [-0.3, -0.25) is 10.1 Å². The quantitative estimate of drug-likeness (QED) is 0.567. The van der Waals surface area contributed by atoms with Crippen LogP contribution < -0.4 is 5.32 Å². The van der Waals surface area contributed by atoms with Gasteiger partial charge in [0, 0.05) is 29.8 Å². The summed E-state index contributed by atoms with van der Waals surface area (Å²) in [5, 5.41) is 22.9. The number of aliphatic hydroxyl groups excluding tert-OH is 1. The third kappa shape index (κ3) is 5.67. The number of nitro benzene ring substituents is 1. The second-order valence-corrected chi connectivity index (χ2v) is 5.41. The molecule has 2 N–H and O–H groups in total. The van der Waals surface area contributed by atoms with Gasteiger partial charge in [0.15, 0.2) is 0 Å². The zero-order valence-electron chi connectivity index (χ0n) is 10.9. The topological polar surface area (TPSA) is 75.4 Å². The average Bonchev–Trinajstić information content (AvgIpc) is 2.37. The largest absolute Gasteiger partial charge is 0.396 e. The standard InChI is InChI=1S/C13H19BrN2O3/c1-2-10(3-4-17)8-15-9-11-5-12(14)7-13(6-11)16(18)19/h5-7,10,15,17H,2-4,8-9H2,1H3. The Kier molecular flexibility index (Phi) is 6.97. The van der Waals surface area contributed by atoms with Crippen LogP contribution in [0.25, 0.3) is 0 Å². The number of nitro groups is 1. The highest BCUT2D eigenvalue weighted by atomic mass is 79.9. The lowest BCUT2D eigenvalue weighted by Gasteiger charge is -2.14. The van der Waals surface area contributed by atoms with Crippen LogP contribution in [0.4, 0.5) is 5.69 Å². The van der Waals surface area contributed by atoms with Gasteiger partial charge in [-0.25, -0.2) is 0 Å². The Morgan fingerprint density at radius 3 is 2.79 bits per heavy atom. The highest BCUT2D eigenvalue weighted by Gasteiger charge is 2.09. The molecule has 0 aliphatic heterocycles. The highest BCUT2D eigenvalue weighted by molar-refractivity contribution is 9.10. The molecule has 6 heteroatoms. The van der Waals surface area contributed by atoms with Crippen molar-refractivity contribution in [2.24, 2.45) is 5.92 Å². The van der Waals surface area contributed by atoms with Crippen LogP contribution >= 0.6 is 15.9 Å². The Labute approximate surface area is 121 Å². The molecule has 1 rings (SSSR count). The van der Waals surface area contributed by atoms with Gasteiger partial charge in [-0.05, 0) is 30.5 Å². The number of benzene rings is 1. The van der Waals surface area contributed by atoms with Gasteiger partial charge < -0.3 is 10.4 Å². The van der Waals surface area contributed by atoms with Crippen LogP contribution in [-0.2, 0) is 6.54 Å². The van der Waals surface area contributed by atoms with Gasteiger partial charge in [0.1, 0.15) is 0 Å². The summed E-state index contributed by atoms with van der Waals surface area (Å²) in [6.45, 7) is 3.67. The Bertz CT molecular complexity index is 426. The number of non-ortho nitro benzene ring substituents is 1. The van der Waals surface area contributed by atoms with Crippen LogP contribution in [0.1, 0.15) is 25.3 Å². The molecule has 106 valence electrons. The molecule has 5 nitrogen and oxygen atoms in total. The number of hydrogen-bond donors (Lipinski definition) is 2. The van der Waals surface area contributed by atoms with Crippen LogP contribution in [0.2, 0.25) is 0 Å². The lowest BCUT2D eigenvalue weighted by molar-refractivity contribution is -0.385. The molecule has 0 aliphatic rings. The molecule has 1 aromatic carbocycles. The minimum atomic E-state index is -0.394. The Hall–Kier alpha value is -0.980. The summed E-state index contributed by atoms with van der Waals surface area (Å²) >= 11 is 3.28. The minimum Gasteiger partial charge on any atom is -0.396 e. The fourth-order valence-electron chi connectivity index (χ4n) is 1.89. The number of nitrogens with one attached hydrogen (secondary N) is 1. The smallest absolute Gasteiger partial charge is 0.270 e. The summed E-state index contributed by atoms with van der Waals surface area (Å²) in [5.74, 6) is 0.437. The molecule has 0 radical (unpaired) electrons. The van der Waals surface area contributed by atoms with E-state index in [-0.39, 0.29) is 12.3 Å². The van der Waals surface area contributed by atoms with Crippen LogP contribution in [0, 0.1) is 16.0 Å². The molecular weight excluding hydrogens is 312 g/mol. The summed E-state index contributed by atoms with van der Waals surface area (Å²) in [6, 6.07) is 4.93. The van der Waals surface area contributed by atoms with Crippen LogP contribution in [0.3, 0.4) is 0 Å². The van der Waals surface area contributed by atoms with E-state index in [9.17, 15) is 10.1 Å². The van der Waals surface area contributed by atoms with E-state index in [1.807, 2.05) is 6.07 Å². The van der Waals surface area contributed by atoms with E-state index in [1.165, 1.54) is 6.07 Å². The van der Waals surface area contributed by atoms with Crippen molar-refractivity contribution in [3.8, 4) is 0 Å². The van der Waals surface area contributed by atoms with E-state index in [2.05, 4.69) is 28.2 Å². The summed E-state index contributed by atoms with van der Waals surface area (Å²) in [4.78, 5) is 10.4. The second kappa shape index (κ2) is 8.24. The molecule has 0 fully saturated rings. The fourth-order valence-corrected chi connectivity index (χ4v) is 2.42. The first-order valence-corrected chi connectivity index (χ1v) is 7.11. The average molecular weight is 331 g/mol. The monoisotopic (exact) mass is 330 g/mol. The van der Waals surface area contributed by atoms with Crippen LogP contribution in [-0.4, -0.2) is 23.2 Å². The number of aliphatic hydroxyl groups is 1. The SMILES string of the molecule is CCC(CCO)CNCc1cc(Br)cc([N+](=O)[O-])c1. The van der Waals surface area contributed by atoms with E-state index in [0.717, 1.165) is 24.9 Å². The lowest BCUT2D eigenvalue weighted by atomic mass is 10.0. The molecule has 1 aromatic rings. The minimum absolute atomic E-state index is 0.0913. The molecular formula is C13H19BrN2O3. The van der Waals surface area contributed by atoms with Gasteiger partial charge in [-0.15, -0.1) is 0 Å².